The number of aliphatic hydroxyl groups is 3. The number of hydrogen-bond donors (Lipinski definition) is 7. The number of ether oxygens (including phenoxy) is 3. The Morgan fingerprint density at radius 3 is 2.33 bits per heavy atom. The first-order valence-corrected chi connectivity index (χ1v) is 12.8. The molecule has 5 rings (SSSR count). The Labute approximate surface area is 242 Å². The van der Waals surface area contributed by atoms with Gasteiger partial charge < -0.3 is 54.4 Å². The third kappa shape index (κ3) is 6.24. The molecule has 4 aromatic rings. The minimum absolute atomic E-state index is 0.0312. The fourth-order valence-electron chi connectivity index (χ4n) is 4.43. The standard InChI is InChI=1S/C30H26O13/c31-13-25-29(43-26(37)8-3-14-1-5-16(32)6-2-14)27(38)28(39)30(42-25)41-24-10-17-19(34)11-22(40-23(17)12-21(24)36)15-4-7-18(33)20(35)9-15/h1-12,25,27-33,35-36,38-39H,13H2/b8-3+/t25-,27-,28-,29-,30-/m1/s1. The van der Waals surface area contributed by atoms with Crippen molar-refractivity contribution in [3.8, 4) is 40.1 Å². The number of carbonyl (C=O) groups is 1. The van der Waals surface area contributed by atoms with E-state index in [4.69, 9.17) is 18.6 Å². The van der Waals surface area contributed by atoms with Gasteiger partial charge in [0.15, 0.2) is 34.5 Å². The lowest BCUT2D eigenvalue weighted by Gasteiger charge is -2.41. The van der Waals surface area contributed by atoms with Crippen molar-refractivity contribution in [3.63, 3.8) is 0 Å². The molecule has 13 nitrogen and oxygen atoms in total. The summed E-state index contributed by atoms with van der Waals surface area (Å²) in [5, 5.41) is 70.4. The van der Waals surface area contributed by atoms with E-state index in [1.807, 2.05) is 0 Å². The third-order valence-corrected chi connectivity index (χ3v) is 6.69. The molecule has 43 heavy (non-hydrogen) atoms. The minimum atomic E-state index is -1.82. The number of benzene rings is 3. The van der Waals surface area contributed by atoms with Crippen molar-refractivity contribution in [3.05, 3.63) is 82.5 Å². The highest BCUT2D eigenvalue weighted by Crippen LogP contribution is 2.36. The van der Waals surface area contributed by atoms with Gasteiger partial charge in [-0.2, -0.15) is 0 Å². The maximum Gasteiger partial charge on any atom is 0.331 e. The highest BCUT2D eigenvalue weighted by Gasteiger charge is 2.47. The summed E-state index contributed by atoms with van der Waals surface area (Å²) in [6, 6.07) is 13.1. The maximum atomic E-state index is 12.9. The summed E-state index contributed by atoms with van der Waals surface area (Å²) < 4.78 is 22.0. The number of rotatable bonds is 7. The molecule has 7 N–H and O–H groups in total. The Morgan fingerprint density at radius 2 is 1.63 bits per heavy atom. The molecule has 0 spiro atoms. The van der Waals surface area contributed by atoms with Gasteiger partial charge >= 0.3 is 5.97 Å². The van der Waals surface area contributed by atoms with Crippen molar-refractivity contribution in [1.29, 1.82) is 0 Å². The van der Waals surface area contributed by atoms with Crippen LogP contribution in [-0.4, -0.2) is 79.0 Å². The van der Waals surface area contributed by atoms with Gasteiger partial charge in [0.1, 0.15) is 35.4 Å². The molecule has 0 unspecified atom stereocenters. The van der Waals surface area contributed by atoms with E-state index >= 15 is 0 Å². The topological polar surface area (TPSA) is 217 Å². The second kappa shape index (κ2) is 12.0. The number of fused-ring (bicyclic) bond motifs is 1. The molecule has 1 aromatic heterocycles. The van der Waals surface area contributed by atoms with Crippen LogP contribution in [0, 0.1) is 0 Å². The molecule has 0 bridgehead atoms. The number of hydrogen-bond acceptors (Lipinski definition) is 13. The number of aliphatic hydroxyl groups excluding tert-OH is 3. The fourth-order valence-corrected chi connectivity index (χ4v) is 4.43. The van der Waals surface area contributed by atoms with Gasteiger partial charge in [-0.25, -0.2) is 4.79 Å². The summed E-state index contributed by atoms with van der Waals surface area (Å²) in [5.74, 6) is -2.47. The number of phenolic OH excluding ortho intramolecular Hbond substituents is 4. The SMILES string of the molecule is O=C(/C=C/c1ccc(O)cc1)O[C@H]1[C@H](O)[C@@H](O)[C@H](Oc2cc3c(=O)cc(-c4ccc(O)c(O)c4)oc3cc2O)O[C@@H]1CO. The molecule has 1 aliphatic rings. The zero-order valence-electron chi connectivity index (χ0n) is 22.1. The second-order valence-corrected chi connectivity index (χ2v) is 9.65. The lowest BCUT2D eigenvalue weighted by Crippen LogP contribution is -2.61. The molecule has 0 aliphatic carbocycles. The Morgan fingerprint density at radius 1 is 0.884 bits per heavy atom. The zero-order chi connectivity index (χ0) is 30.8. The van der Waals surface area contributed by atoms with Crippen molar-refractivity contribution >= 4 is 23.0 Å². The smallest absolute Gasteiger partial charge is 0.331 e. The van der Waals surface area contributed by atoms with E-state index in [-0.39, 0.29) is 39.5 Å². The van der Waals surface area contributed by atoms with Crippen LogP contribution in [0.3, 0.4) is 0 Å². The molecule has 1 aliphatic heterocycles. The van der Waals surface area contributed by atoms with Crippen LogP contribution in [0.15, 0.2) is 76.0 Å². The number of phenols is 4. The van der Waals surface area contributed by atoms with Crippen LogP contribution in [0.2, 0.25) is 0 Å². The van der Waals surface area contributed by atoms with Crippen molar-refractivity contribution < 1.29 is 59.2 Å². The molecule has 13 heteroatoms. The average molecular weight is 595 g/mol. The summed E-state index contributed by atoms with van der Waals surface area (Å²) >= 11 is 0. The summed E-state index contributed by atoms with van der Waals surface area (Å²) in [6.45, 7) is -0.744. The first-order valence-electron chi connectivity index (χ1n) is 12.8. The highest BCUT2D eigenvalue weighted by molar-refractivity contribution is 5.87. The molecule has 3 aromatic carbocycles. The van der Waals surface area contributed by atoms with E-state index in [1.165, 1.54) is 36.4 Å². The summed E-state index contributed by atoms with van der Waals surface area (Å²) in [4.78, 5) is 25.2. The van der Waals surface area contributed by atoms with Gasteiger partial charge in [-0.1, -0.05) is 12.1 Å². The van der Waals surface area contributed by atoms with Gasteiger partial charge in [0.2, 0.25) is 6.29 Å². The molecule has 0 radical (unpaired) electrons. The van der Waals surface area contributed by atoms with Crippen molar-refractivity contribution in [2.24, 2.45) is 0 Å². The first-order chi connectivity index (χ1) is 20.5. The van der Waals surface area contributed by atoms with Gasteiger partial charge in [0.05, 0.1) is 12.0 Å². The van der Waals surface area contributed by atoms with Gasteiger partial charge in [0, 0.05) is 23.8 Å². The number of aromatic hydroxyl groups is 4. The summed E-state index contributed by atoms with van der Waals surface area (Å²) in [7, 11) is 0. The highest BCUT2D eigenvalue weighted by atomic mass is 16.7. The quantitative estimate of drug-likeness (QED) is 0.0923. The predicted octanol–water partition coefficient (Wildman–Crippen LogP) is 1.73. The third-order valence-electron chi connectivity index (χ3n) is 6.69. The van der Waals surface area contributed by atoms with E-state index < -0.39 is 60.2 Å². The number of esters is 1. The van der Waals surface area contributed by atoms with E-state index in [9.17, 15) is 45.3 Å². The monoisotopic (exact) mass is 594 g/mol. The lowest BCUT2D eigenvalue weighted by molar-refractivity contribution is -0.280. The molecule has 1 saturated heterocycles. The minimum Gasteiger partial charge on any atom is -0.508 e. The summed E-state index contributed by atoms with van der Waals surface area (Å²) in [5.41, 5.74) is 0.246. The Balaban J connectivity index is 1.33. The van der Waals surface area contributed by atoms with Gasteiger partial charge in [-0.15, -0.1) is 0 Å². The molecule has 0 saturated carbocycles. The largest absolute Gasteiger partial charge is 0.508 e. The zero-order valence-corrected chi connectivity index (χ0v) is 22.1. The molecular weight excluding hydrogens is 568 g/mol. The van der Waals surface area contributed by atoms with Crippen LogP contribution in [0.5, 0.6) is 28.7 Å². The second-order valence-electron chi connectivity index (χ2n) is 9.65. The Bertz CT molecular complexity index is 1730. The number of carbonyl (C=O) groups excluding carboxylic acids is 1. The van der Waals surface area contributed by atoms with Crippen LogP contribution >= 0.6 is 0 Å². The molecular formula is C30H26O13. The Kier molecular flexibility index (Phi) is 8.23. The normalized spacial score (nSPS) is 22.1. The Hall–Kier alpha value is -5.08. The molecule has 5 atom stereocenters. The molecule has 0 amide bonds. The van der Waals surface area contributed by atoms with E-state index in [0.29, 0.717) is 5.56 Å². The molecule has 1 fully saturated rings. The van der Waals surface area contributed by atoms with Crippen LogP contribution in [0.25, 0.3) is 28.4 Å². The van der Waals surface area contributed by atoms with E-state index in [2.05, 4.69) is 0 Å². The van der Waals surface area contributed by atoms with Crippen LogP contribution in [0.4, 0.5) is 0 Å². The molecule has 2 heterocycles. The van der Waals surface area contributed by atoms with Gasteiger partial charge in [0.25, 0.3) is 0 Å². The van der Waals surface area contributed by atoms with Crippen molar-refractivity contribution in [2.45, 2.75) is 30.7 Å². The molecule has 224 valence electrons. The van der Waals surface area contributed by atoms with Crippen LogP contribution < -0.4 is 10.2 Å². The van der Waals surface area contributed by atoms with Crippen molar-refractivity contribution in [2.75, 3.05) is 6.61 Å². The van der Waals surface area contributed by atoms with Gasteiger partial charge in [-0.05, 0) is 48.0 Å². The average Bonchev–Trinajstić information content (AvgIpc) is 2.98. The fraction of sp³-hybridized carbons (Fsp3) is 0.200. The maximum absolute atomic E-state index is 12.9. The van der Waals surface area contributed by atoms with Crippen LogP contribution in [0.1, 0.15) is 5.56 Å². The van der Waals surface area contributed by atoms with E-state index in [0.717, 1.165) is 24.3 Å². The summed E-state index contributed by atoms with van der Waals surface area (Å²) in [6.07, 6.45) is -5.65. The van der Waals surface area contributed by atoms with Crippen LogP contribution in [-0.2, 0) is 14.3 Å². The predicted molar refractivity (Wildman–Crippen MR) is 148 cm³/mol. The lowest BCUT2D eigenvalue weighted by atomic mass is 9.99. The van der Waals surface area contributed by atoms with Crippen molar-refractivity contribution in [1.82, 2.24) is 0 Å². The first kappa shape index (κ1) is 29.4. The van der Waals surface area contributed by atoms with E-state index in [1.54, 1.807) is 12.1 Å². The van der Waals surface area contributed by atoms with Gasteiger partial charge in [-0.3, -0.25) is 4.79 Å².